The first kappa shape index (κ1) is 19.2. The summed E-state index contributed by atoms with van der Waals surface area (Å²) in [5.41, 5.74) is 1.92. The second-order valence-electron chi connectivity index (χ2n) is 6.00. The molecular weight excluding hydrogens is 386 g/mol. The second kappa shape index (κ2) is 8.39. The number of hydrogen-bond donors (Lipinski definition) is 0. The van der Waals surface area contributed by atoms with Crippen LogP contribution < -0.4 is 0 Å². The molecule has 5 nitrogen and oxygen atoms in total. The fourth-order valence-corrected chi connectivity index (χ4v) is 4.76. The van der Waals surface area contributed by atoms with E-state index in [1.54, 1.807) is 11.3 Å². The first-order valence-electron chi connectivity index (χ1n) is 8.38. The van der Waals surface area contributed by atoms with Gasteiger partial charge in [-0.1, -0.05) is 12.1 Å². The van der Waals surface area contributed by atoms with Gasteiger partial charge >= 0.3 is 5.97 Å². The highest BCUT2D eigenvalue weighted by Gasteiger charge is 2.18. The van der Waals surface area contributed by atoms with Crippen molar-refractivity contribution in [2.24, 2.45) is 0 Å². The third-order valence-electron chi connectivity index (χ3n) is 4.19. The molecule has 0 N–H and O–H groups in total. The van der Waals surface area contributed by atoms with Crippen LogP contribution in [-0.4, -0.2) is 34.1 Å². The fourth-order valence-electron chi connectivity index (χ4n) is 2.61. The van der Waals surface area contributed by atoms with Crippen molar-refractivity contribution < 1.29 is 9.53 Å². The van der Waals surface area contributed by atoms with Gasteiger partial charge in [-0.3, -0.25) is 9.69 Å². The standard InChI is InChI=1S/C18H21N3O2S3/c1-4-23-16(22)9-13-10-25-18(24)21(13)11-20(3)12(2)17-19-14-7-5-6-8-15(14)26-17/h5-8,10,12H,4,9,11H2,1-3H3/t12-/m1/s1. The second-order valence-corrected chi connectivity index (χ2v) is 8.56. The highest BCUT2D eigenvalue weighted by Crippen LogP contribution is 2.29. The molecule has 2 aromatic heterocycles. The van der Waals surface area contributed by atoms with Gasteiger partial charge in [-0.15, -0.1) is 22.7 Å². The number of carbonyl (C=O) groups is 1. The molecule has 0 fully saturated rings. The van der Waals surface area contributed by atoms with Crippen LogP contribution in [0.25, 0.3) is 10.2 Å². The average Bonchev–Trinajstić information content (AvgIpc) is 3.19. The minimum atomic E-state index is -0.226. The molecule has 8 heteroatoms. The number of benzene rings is 1. The summed E-state index contributed by atoms with van der Waals surface area (Å²) < 4.78 is 9.01. The van der Waals surface area contributed by atoms with Gasteiger partial charge in [0.15, 0.2) is 3.95 Å². The zero-order valence-corrected chi connectivity index (χ0v) is 17.4. The van der Waals surface area contributed by atoms with Crippen LogP contribution in [0, 0.1) is 3.95 Å². The predicted octanol–water partition coefficient (Wildman–Crippen LogP) is 4.64. The Bertz CT molecular complexity index is 927. The summed E-state index contributed by atoms with van der Waals surface area (Å²) in [4.78, 5) is 18.8. The normalized spacial score (nSPS) is 12.6. The smallest absolute Gasteiger partial charge is 0.311 e. The van der Waals surface area contributed by atoms with Gasteiger partial charge < -0.3 is 9.30 Å². The Morgan fingerprint density at radius 3 is 2.92 bits per heavy atom. The van der Waals surface area contributed by atoms with Gasteiger partial charge in [0.25, 0.3) is 0 Å². The largest absolute Gasteiger partial charge is 0.466 e. The number of fused-ring (bicyclic) bond motifs is 1. The minimum Gasteiger partial charge on any atom is -0.466 e. The summed E-state index contributed by atoms with van der Waals surface area (Å²) in [7, 11) is 2.05. The number of ether oxygens (including phenoxy) is 1. The molecule has 138 valence electrons. The lowest BCUT2D eigenvalue weighted by Crippen LogP contribution is -2.26. The predicted molar refractivity (Wildman–Crippen MR) is 109 cm³/mol. The van der Waals surface area contributed by atoms with Gasteiger partial charge in [-0.25, -0.2) is 4.98 Å². The van der Waals surface area contributed by atoms with Crippen molar-refractivity contribution >= 4 is 51.1 Å². The molecule has 0 aliphatic rings. The van der Waals surface area contributed by atoms with Crippen molar-refractivity contribution in [1.82, 2.24) is 14.5 Å². The van der Waals surface area contributed by atoms with E-state index in [9.17, 15) is 4.79 Å². The summed E-state index contributed by atoms with van der Waals surface area (Å²) in [6.45, 7) is 4.94. The van der Waals surface area contributed by atoms with E-state index in [-0.39, 0.29) is 18.4 Å². The molecule has 1 atom stereocenters. The Morgan fingerprint density at radius 2 is 2.19 bits per heavy atom. The summed E-state index contributed by atoms with van der Waals surface area (Å²) >= 11 is 8.64. The first-order valence-corrected chi connectivity index (χ1v) is 10.5. The quantitative estimate of drug-likeness (QED) is 0.422. The molecule has 2 heterocycles. The van der Waals surface area contributed by atoms with Crippen LogP contribution in [0.2, 0.25) is 0 Å². The molecule has 0 radical (unpaired) electrons. The van der Waals surface area contributed by atoms with Crippen LogP contribution in [0.4, 0.5) is 0 Å². The van der Waals surface area contributed by atoms with Crippen molar-refractivity contribution in [3.05, 3.63) is 44.3 Å². The molecule has 0 saturated carbocycles. The van der Waals surface area contributed by atoms with Crippen LogP contribution in [0.15, 0.2) is 29.6 Å². The Kier molecular flexibility index (Phi) is 6.18. The van der Waals surface area contributed by atoms with Gasteiger partial charge in [-0.2, -0.15) is 0 Å². The van der Waals surface area contributed by atoms with E-state index in [0.717, 1.165) is 20.2 Å². The summed E-state index contributed by atoms with van der Waals surface area (Å²) in [5, 5.41) is 3.01. The number of aromatic nitrogens is 2. The zero-order chi connectivity index (χ0) is 18.7. The lowest BCUT2D eigenvalue weighted by Gasteiger charge is -2.24. The van der Waals surface area contributed by atoms with E-state index in [1.807, 2.05) is 42.1 Å². The van der Waals surface area contributed by atoms with Gasteiger partial charge in [-0.05, 0) is 45.2 Å². The summed E-state index contributed by atoms with van der Waals surface area (Å²) in [5.74, 6) is -0.226. The van der Waals surface area contributed by atoms with Crippen LogP contribution >= 0.6 is 34.9 Å². The van der Waals surface area contributed by atoms with Crippen molar-refractivity contribution in [2.45, 2.75) is 33.0 Å². The van der Waals surface area contributed by atoms with E-state index in [2.05, 4.69) is 17.9 Å². The summed E-state index contributed by atoms with van der Waals surface area (Å²) in [6, 6.07) is 8.31. The maximum Gasteiger partial charge on any atom is 0.311 e. The van der Waals surface area contributed by atoms with Crippen molar-refractivity contribution in [2.75, 3.05) is 13.7 Å². The van der Waals surface area contributed by atoms with Gasteiger partial charge in [0.2, 0.25) is 0 Å². The summed E-state index contributed by atoms with van der Waals surface area (Å²) in [6.07, 6.45) is 0.240. The van der Waals surface area contributed by atoms with E-state index >= 15 is 0 Å². The molecule has 0 bridgehead atoms. The van der Waals surface area contributed by atoms with E-state index in [1.165, 1.54) is 16.0 Å². The maximum atomic E-state index is 11.8. The van der Waals surface area contributed by atoms with E-state index < -0.39 is 0 Å². The molecule has 0 aliphatic carbocycles. The Balaban J connectivity index is 1.76. The number of esters is 1. The molecule has 0 aliphatic heterocycles. The van der Waals surface area contributed by atoms with E-state index in [0.29, 0.717) is 13.3 Å². The lowest BCUT2D eigenvalue weighted by atomic mass is 10.3. The van der Waals surface area contributed by atoms with Crippen LogP contribution in [-0.2, 0) is 22.6 Å². The topological polar surface area (TPSA) is 47.4 Å². The van der Waals surface area contributed by atoms with Crippen LogP contribution in [0.1, 0.15) is 30.6 Å². The Labute approximate surface area is 165 Å². The Morgan fingerprint density at radius 1 is 1.42 bits per heavy atom. The monoisotopic (exact) mass is 407 g/mol. The zero-order valence-electron chi connectivity index (χ0n) is 15.0. The third kappa shape index (κ3) is 4.20. The van der Waals surface area contributed by atoms with Crippen molar-refractivity contribution in [3.63, 3.8) is 0 Å². The number of thiazole rings is 2. The number of nitrogens with zero attached hydrogens (tertiary/aromatic N) is 3. The van der Waals surface area contributed by atoms with Gasteiger partial charge in [0.05, 0.1) is 36.0 Å². The molecular formula is C18H21N3O2S3. The first-order chi connectivity index (χ1) is 12.5. The molecule has 26 heavy (non-hydrogen) atoms. The molecule has 3 aromatic rings. The SMILES string of the molecule is CCOC(=O)Cc1csc(=S)n1CN(C)[C@H](C)c1nc2ccccc2s1. The highest BCUT2D eigenvalue weighted by atomic mass is 32.1. The van der Waals surface area contributed by atoms with Crippen molar-refractivity contribution in [1.29, 1.82) is 0 Å². The fraction of sp³-hybridized carbons (Fsp3) is 0.389. The highest BCUT2D eigenvalue weighted by molar-refractivity contribution is 7.73. The van der Waals surface area contributed by atoms with Crippen molar-refractivity contribution in [3.8, 4) is 0 Å². The molecule has 0 amide bonds. The molecule has 3 rings (SSSR count). The van der Waals surface area contributed by atoms with E-state index in [4.69, 9.17) is 21.9 Å². The van der Waals surface area contributed by atoms with Gasteiger partial charge in [0, 0.05) is 11.1 Å². The molecule has 0 unspecified atom stereocenters. The minimum absolute atomic E-state index is 0.143. The van der Waals surface area contributed by atoms with Crippen LogP contribution in [0.3, 0.4) is 0 Å². The third-order valence-corrected chi connectivity index (χ3v) is 6.71. The molecule has 1 aromatic carbocycles. The van der Waals surface area contributed by atoms with Crippen LogP contribution in [0.5, 0.6) is 0 Å². The lowest BCUT2D eigenvalue weighted by molar-refractivity contribution is -0.142. The number of hydrogen-bond acceptors (Lipinski definition) is 7. The number of rotatable bonds is 7. The molecule has 0 saturated heterocycles. The molecule has 0 spiro atoms. The number of carbonyl (C=O) groups excluding carboxylic acids is 1. The average molecular weight is 408 g/mol. The Hall–Kier alpha value is -1.61. The number of para-hydroxylation sites is 1. The van der Waals surface area contributed by atoms with Gasteiger partial charge in [0.1, 0.15) is 5.01 Å². The maximum absolute atomic E-state index is 11.8.